The van der Waals surface area contributed by atoms with Gasteiger partial charge in [-0.15, -0.1) is 0 Å². The van der Waals surface area contributed by atoms with E-state index in [4.69, 9.17) is 4.42 Å². The van der Waals surface area contributed by atoms with Crippen molar-refractivity contribution in [3.63, 3.8) is 0 Å². The SMILES string of the molecule is O=Cc1ccc(CN2CC(=O)NC(=O)C2)o1. The number of imide groups is 1. The van der Waals surface area contributed by atoms with E-state index in [9.17, 15) is 14.4 Å². The molecule has 0 saturated carbocycles. The van der Waals surface area contributed by atoms with Gasteiger partial charge in [-0.3, -0.25) is 24.6 Å². The summed E-state index contributed by atoms with van der Waals surface area (Å²) in [5.41, 5.74) is 0. The van der Waals surface area contributed by atoms with Crippen LogP contribution in [0.2, 0.25) is 0 Å². The van der Waals surface area contributed by atoms with Crippen LogP contribution in [0.1, 0.15) is 16.3 Å². The van der Waals surface area contributed by atoms with Gasteiger partial charge in [-0.1, -0.05) is 0 Å². The maximum absolute atomic E-state index is 11.1. The number of nitrogens with one attached hydrogen (secondary N) is 1. The molecule has 0 spiro atoms. The second-order valence-corrected chi connectivity index (χ2v) is 3.54. The highest BCUT2D eigenvalue weighted by Gasteiger charge is 2.23. The minimum Gasteiger partial charge on any atom is -0.457 e. The summed E-state index contributed by atoms with van der Waals surface area (Å²) < 4.78 is 5.15. The van der Waals surface area contributed by atoms with Crippen LogP contribution >= 0.6 is 0 Å². The number of hydrogen-bond acceptors (Lipinski definition) is 5. The Morgan fingerprint density at radius 2 is 2.00 bits per heavy atom. The Hall–Kier alpha value is -1.95. The number of carbonyl (C=O) groups is 3. The first kappa shape index (κ1) is 10.6. The van der Waals surface area contributed by atoms with Gasteiger partial charge in [-0.25, -0.2) is 0 Å². The summed E-state index contributed by atoms with van der Waals surface area (Å²) in [4.78, 5) is 34.2. The quantitative estimate of drug-likeness (QED) is 0.553. The van der Waals surface area contributed by atoms with E-state index in [1.54, 1.807) is 17.0 Å². The fourth-order valence-electron chi connectivity index (χ4n) is 1.57. The number of aldehydes is 1. The van der Waals surface area contributed by atoms with Crippen molar-refractivity contribution < 1.29 is 18.8 Å². The molecule has 0 radical (unpaired) electrons. The van der Waals surface area contributed by atoms with Gasteiger partial charge in [0.1, 0.15) is 5.76 Å². The van der Waals surface area contributed by atoms with E-state index < -0.39 is 0 Å². The van der Waals surface area contributed by atoms with Gasteiger partial charge in [0.05, 0.1) is 19.6 Å². The fraction of sp³-hybridized carbons (Fsp3) is 0.300. The van der Waals surface area contributed by atoms with Gasteiger partial charge in [0.15, 0.2) is 12.0 Å². The number of carbonyl (C=O) groups excluding carboxylic acids is 3. The molecule has 1 saturated heterocycles. The molecule has 0 aromatic carbocycles. The third kappa shape index (κ3) is 2.34. The Labute approximate surface area is 91.2 Å². The molecule has 0 atom stereocenters. The summed E-state index contributed by atoms with van der Waals surface area (Å²) in [6.45, 7) is 0.652. The topological polar surface area (TPSA) is 79.6 Å². The Bertz CT molecular complexity index is 422. The summed E-state index contributed by atoms with van der Waals surface area (Å²) in [6.07, 6.45) is 0.609. The van der Waals surface area contributed by atoms with Crippen LogP contribution in [0.25, 0.3) is 0 Å². The van der Waals surface area contributed by atoms with E-state index >= 15 is 0 Å². The highest BCUT2D eigenvalue weighted by molar-refractivity contribution is 5.99. The molecule has 0 bridgehead atoms. The van der Waals surface area contributed by atoms with E-state index in [-0.39, 0.29) is 30.7 Å². The first-order valence-corrected chi connectivity index (χ1v) is 4.76. The van der Waals surface area contributed by atoms with Crippen molar-refractivity contribution in [2.24, 2.45) is 0 Å². The molecule has 2 rings (SSSR count). The molecule has 16 heavy (non-hydrogen) atoms. The molecule has 6 heteroatoms. The highest BCUT2D eigenvalue weighted by Crippen LogP contribution is 2.09. The first-order valence-electron chi connectivity index (χ1n) is 4.76. The lowest BCUT2D eigenvalue weighted by Crippen LogP contribution is -2.50. The van der Waals surface area contributed by atoms with Crippen molar-refractivity contribution in [2.45, 2.75) is 6.54 Å². The minimum absolute atomic E-state index is 0.156. The van der Waals surface area contributed by atoms with Gasteiger partial charge in [0.25, 0.3) is 0 Å². The number of rotatable bonds is 3. The van der Waals surface area contributed by atoms with Crippen molar-refractivity contribution >= 4 is 18.1 Å². The largest absolute Gasteiger partial charge is 0.457 e. The molecule has 1 aromatic rings. The number of amides is 2. The predicted molar refractivity (Wildman–Crippen MR) is 52.5 cm³/mol. The molecular weight excluding hydrogens is 212 g/mol. The van der Waals surface area contributed by atoms with Crippen molar-refractivity contribution in [3.05, 3.63) is 23.7 Å². The lowest BCUT2D eigenvalue weighted by molar-refractivity contribution is -0.136. The van der Waals surface area contributed by atoms with Crippen LogP contribution in [-0.4, -0.2) is 36.1 Å². The Kier molecular flexibility index (Phi) is 2.82. The lowest BCUT2D eigenvalue weighted by atomic mass is 10.3. The maximum atomic E-state index is 11.1. The van der Waals surface area contributed by atoms with Gasteiger partial charge in [-0.2, -0.15) is 0 Å². The smallest absolute Gasteiger partial charge is 0.240 e. The average Bonchev–Trinajstić information content (AvgIpc) is 2.64. The summed E-state index contributed by atoms with van der Waals surface area (Å²) >= 11 is 0. The number of hydrogen-bond donors (Lipinski definition) is 1. The van der Waals surface area contributed by atoms with Gasteiger partial charge in [-0.05, 0) is 12.1 Å². The van der Waals surface area contributed by atoms with Crippen molar-refractivity contribution in [1.82, 2.24) is 10.2 Å². The van der Waals surface area contributed by atoms with Crippen LogP contribution in [0, 0.1) is 0 Å². The average molecular weight is 222 g/mol. The number of piperazine rings is 1. The Balaban J connectivity index is 2.01. The molecule has 84 valence electrons. The molecular formula is C10H10N2O4. The zero-order valence-electron chi connectivity index (χ0n) is 8.43. The van der Waals surface area contributed by atoms with E-state index in [0.29, 0.717) is 18.6 Å². The summed E-state index contributed by atoms with van der Waals surface area (Å²) in [5.74, 6) is 0.157. The number of nitrogens with zero attached hydrogens (tertiary/aromatic N) is 1. The van der Waals surface area contributed by atoms with Crippen LogP contribution in [0.3, 0.4) is 0 Å². The van der Waals surface area contributed by atoms with Crippen LogP contribution in [0.15, 0.2) is 16.5 Å². The van der Waals surface area contributed by atoms with Crippen molar-refractivity contribution in [3.8, 4) is 0 Å². The van der Waals surface area contributed by atoms with Gasteiger partial charge in [0.2, 0.25) is 11.8 Å². The summed E-state index contributed by atoms with van der Waals surface area (Å²) in [7, 11) is 0. The van der Waals surface area contributed by atoms with E-state index in [2.05, 4.69) is 5.32 Å². The third-order valence-electron chi connectivity index (χ3n) is 2.19. The van der Waals surface area contributed by atoms with Gasteiger partial charge >= 0.3 is 0 Å². The summed E-state index contributed by atoms with van der Waals surface area (Å²) in [6, 6.07) is 3.20. The van der Waals surface area contributed by atoms with Crippen LogP contribution in [0.4, 0.5) is 0 Å². The van der Waals surface area contributed by atoms with E-state index in [0.717, 1.165) is 0 Å². The Morgan fingerprint density at radius 1 is 1.31 bits per heavy atom. The van der Waals surface area contributed by atoms with Crippen LogP contribution in [-0.2, 0) is 16.1 Å². The third-order valence-corrected chi connectivity index (χ3v) is 2.19. The normalized spacial score (nSPS) is 17.2. The molecule has 2 amide bonds. The molecule has 1 aromatic heterocycles. The monoisotopic (exact) mass is 222 g/mol. The molecule has 0 aliphatic carbocycles. The molecule has 1 fully saturated rings. The molecule has 0 unspecified atom stereocenters. The van der Waals surface area contributed by atoms with Gasteiger partial charge < -0.3 is 4.42 Å². The standard InChI is InChI=1S/C10H10N2O4/c13-6-8-2-1-7(16-8)3-12-4-9(14)11-10(15)5-12/h1-2,6H,3-5H2,(H,11,14,15). The highest BCUT2D eigenvalue weighted by atomic mass is 16.3. The molecule has 2 heterocycles. The second-order valence-electron chi connectivity index (χ2n) is 3.54. The fourth-order valence-corrected chi connectivity index (χ4v) is 1.57. The Morgan fingerprint density at radius 3 is 2.56 bits per heavy atom. The van der Waals surface area contributed by atoms with E-state index in [1.165, 1.54) is 0 Å². The first-order chi connectivity index (χ1) is 7.67. The predicted octanol–water partition coefficient (Wildman–Crippen LogP) is -0.450. The minimum atomic E-state index is -0.321. The van der Waals surface area contributed by atoms with Crippen molar-refractivity contribution in [1.29, 1.82) is 0 Å². The molecule has 6 nitrogen and oxygen atoms in total. The van der Waals surface area contributed by atoms with Crippen molar-refractivity contribution in [2.75, 3.05) is 13.1 Å². The molecule has 1 aliphatic rings. The van der Waals surface area contributed by atoms with Gasteiger partial charge in [0, 0.05) is 0 Å². The summed E-state index contributed by atoms with van der Waals surface area (Å²) in [5, 5.41) is 2.21. The molecule has 1 aliphatic heterocycles. The van der Waals surface area contributed by atoms with Crippen LogP contribution < -0.4 is 5.32 Å². The molecule has 1 N–H and O–H groups in total. The number of furan rings is 1. The second kappa shape index (κ2) is 4.28. The zero-order valence-corrected chi connectivity index (χ0v) is 8.43. The van der Waals surface area contributed by atoms with E-state index in [1.807, 2.05) is 0 Å². The van der Waals surface area contributed by atoms with Crippen LogP contribution in [0.5, 0.6) is 0 Å². The lowest BCUT2D eigenvalue weighted by Gasteiger charge is -2.23. The maximum Gasteiger partial charge on any atom is 0.240 e. The zero-order chi connectivity index (χ0) is 11.5.